The summed E-state index contributed by atoms with van der Waals surface area (Å²) in [7, 11) is 0. The molecule has 28 heavy (non-hydrogen) atoms. The Bertz CT molecular complexity index is 674. The van der Waals surface area contributed by atoms with Gasteiger partial charge in [0.1, 0.15) is 18.4 Å². The highest BCUT2D eigenvalue weighted by atomic mass is 19.4. The molecule has 1 aliphatic heterocycles. The topological polar surface area (TPSA) is 67.9 Å². The molecular weight excluding hydrogens is 377 g/mol. The van der Waals surface area contributed by atoms with E-state index < -0.39 is 36.0 Å². The highest BCUT2D eigenvalue weighted by molar-refractivity contribution is 5.71. The van der Waals surface area contributed by atoms with Gasteiger partial charge in [0.15, 0.2) is 0 Å². The number of carbonyl (C=O) groups excluding carboxylic acids is 2. The fourth-order valence-electron chi connectivity index (χ4n) is 2.95. The minimum absolute atomic E-state index is 0.0423. The van der Waals surface area contributed by atoms with Crippen molar-refractivity contribution in [2.45, 2.75) is 58.2 Å². The first kappa shape index (κ1) is 21.8. The summed E-state index contributed by atoms with van der Waals surface area (Å²) >= 11 is 0. The van der Waals surface area contributed by atoms with E-state index in [4.69, 9.17) is 9.47 Å². The summed E-state index contributed by atoms with van der Waals surface area (Å²) in [6.45, 7) is 4.76. The molecule has 1 N–H and O–H groups in total. The third kappa shape index (κ3) is 6.31. The van der Waals surface area contributed by atoms with Crippen LogP contribution >= 0.6 is 0 Å². The predicted molar refractivity (Wildman–Crippen MR) is 95.3 cm³/mol. The van der Waals surface area contributed by atoms with E-state index in [9.17, 15) is 22.8 Å². The molecule has 2 unspecified atom stereocenters. The van der Waals surface area contributed by atoms with Crippen LogP contribution in [0.1, 0.15) is 39.2 Å². The molecule has 0 spiro atoms. The number of hydrogen-bond acceptors (Lipinski definition) is 4. The quantitative estimate of drug-likeness (QED) is 0.811. The van der Waals surface area contributed by atoms with Gasteiger partial charge in [-0.25, -0.2) is 9.59 Å². The first-order valence-electron chi connectivity index (χ1n) is 9.01. The number of amides is 2. The van der Waals surface area contributed by atoms with Crippen LogP contribution in [0.4, 0.5) is 22.8 Å². The number of halogens is 3. The Balaban J connectivity index is 2.13. The maximum absolute atomic E-state index is 13.5. The van der Waals surface area contributed by atoms with Crippen molar-refractivity contribution >= 4 is 12.2 Å². The second kappa shape index (κ2) is 8.70. The number of nitrogens with zero attached hydrogens (tertiary/aromatic N) is 1. The average Bonchev–Trinajstić information content (AvgIpc) is 2.58. The smallest absolute Gasteiger partial charge is 0.411 e. The van der Waals surface area contributed by atoms with Gasteiger partial charge in [0.05, 0.1) is 5.92 Å². The molecule has 0 aromatic heterocycles. The molecule has 2 amide bonds. The summed E-state index contributed by atoms with van der Waals surface area (Å²) in [6.07, 6.45) is -8.16. The molecule has 1 aromatic carbocycles. The summed E-state index contributed by atoms with van der Waals surface area (Å²) in [5.74, 6) is -1.90. The molecule has 1 fully saturated rings. The van der Waals surface area contributed by atoms with Crippen LogP contribution in [0, 0.1) is 5.92 Å². The van der Waals surface area contributed by atoms with Crippen molar-refractivity contribution in [3.8, 4) is 0 Å². The molecule has 6 nitrogen and oxygen atoms in total. The highest BCUT2D eigenvalue weighted by Crippen LogP contribution is 2.37. The lowest BCUT2D eigenvalue weighted by molar-refractivity contribution is -0.201. The summed E-state index contributed by atoms with van der Waals surface area (Å²) in [5, 5.41) is 2.21. The van der Waals surface area contributed by atoms with Gasteiger partial charge in [-0.2, -0.15) is 13.2 Å². The van der Waals surface area contributed by atoms with Gasteiger partial charge in [-0.05, 0) is 39.2 Å². The normalized spacial score (nSPS) is 20.4. The first-order chi connectivity index (χ1) is 13.0. The second-order valence-electron chi connectivity index (χ2n) is 7.61. The SMILES string of the molecule is CC(C)(C)OC(=O)NC1C(C(F)(F)F)CCCN1C(=O)OCc1ccccc1. The fourth-order valence-corrected chi connectivity index (χ4v) is 2.95. The molecule has 2 atom stereocenters. The lowest BCUT2D eigenvalue weighted by Crippen LogP contribution is -2.61. The summed E-state index contributed by atoms with van der Waals surface area (Å²) in [6, 6.07) is 8.79. The standard InChI is InChI=1S/C19H25F3N2O4/c1-18(2,3)28-16(25)23-15-14(19(20,21)22)10-7-11-24(15)17(26)27-12-13-8-5-4-6-9-13/h4-6,8-9,14-15H,7,10-12H2,1-3H3,(H,23,25). The zero-order chi connectivity index (χ0) is 20.9. The number of piperidine rings is 1. The van der Waals surface area contributed by atoms with Crippen LogP contribution < -0.4 is 5.32 Å². The number of carbonyl (C=O) groups is 2. The molecule has 0 aliphatic carbocycles. The lowest BCUT2D eigenvalue weighted by atomic mass is 9.93. The van der Waals surface area contributed by atoms with Crippen LogP contribution in [0.2, 0.25) is 0 Å². The fraction of sp³-hybridized carbons (Fsp3) is 0.579. The molecule has 9 heteroatoms. The van der Waals surface area contributed by atoms with E-state index >= 15 is 0 Å². The number of rotatable bonds is 3. The minimum Gasteiger partial charge on any atom is -0.444 e. The van der Waals surface area contributed by atoms with Crippen molar-refractivity contribution in [3.05, 3.63) is 35.9 Å². The number of alkyl halides is 3. The van der Waals surface area contributed by atoms with Crippen LogP contribution in [0.5, 0.6) is 0 Å². The Morgan fingerprint density at radius 3 is 2.39 bits per heavy atom. The molecule has 0 bridgehead atoms. The Labute approximate surface area is 162 Å². The first-order valence-corrected chi connectivity index (χ1v) is 9.01. The molecule has 1 aliphatic rings. The zero-order valence-corrected chi connectivity index (χ0v) is 16.1. The van der Waals surface area contributed by atoms with Crippen molar-refractivity contribution < 1.29 is 32.2 Å². The lowest BCUT2D eigenvalue weighted by Gasteiger charge is -2.41. The Morgan fingerprint density at radius 2 is 1.82 bits per heavy atom. The largest absolute Gasteiger partial charge is 0.444 e. The summed E-state index contributed by atoms with van der Waals surface area (Å²) < 4.78 is 50.7. The van der Waals surface area contributed by atoms with Gasteiger partial charge in [-0.15, -0.1) is 0 Å². The van der Waals surface area contributed by atoms with Gasteiger partial charge in [0.25, 0.3) is 0 Å². The van der Waals surface area contributed by atoms with E-state index in [-0.39, 0.29) is 26.0 Å². The summed E-state index contributed by atoms with van der Waals surface area (Å²) in [4.78, 5) is 25.4. The monoisotopic (exact) mass is 402 g/mol. The highest BCUT2D eigenvalue weighted by Gasteiger charge is 2.50. The van der Waals surface area contributed by atoms with Crippen LogP contribution in [0.3, 0.4) is 0 Å². The van der Waals surface area contributed by atoms with E-state index in [2.05, 4.69) is 5.32 Å². The van der Waals surface area contributed by atoms with Gasteiger partial charge in [0, 0.05) is 6.54 Å². The zero-order valence-electron chi connectivity index (χ0n) is 16.1. The maximum atomic E-state index is 13.5. The number of ether oxygens (including phenoxy) is 2. The van der Waals surface area contributed by atoms with Crippen molar-refractivity contribution in [2.75, 3.05) is 6.54 Å². The molecule has 1 aromatic rings. The van der Waals surface area contributed by atoms with E-state index in [0.29, 0.717) is 5.56 Å². The van der Waals surface area contributed by atoms with Crippen molar-refractivity contribution in [3.63, 3.8) is 0 Å². The molecule has 156 valence electrons. The van der Waals surface area contributed by atoms with Gasteiger partial charge >= 0.3 is 18.4 Å². The van der Waals surface area contributed by atoms with Crippen LogP contribution in [-0.2, 0) is 16.1 Å². The minimum atomic E-state index is -4.59. The number of likely N-dealkylation sites (tertiary alicyclic amines) is 1. The number of hydrogen-bond donors (Lipinski definition) is 1. The van der Waals surface area contributed by atoms with Crippen LogP contribution in [0.15, 0.2) is 30.3 Å². The number of alkyl carbamates (subject to hydrolysis) is 1. The summed E-state index contributed by atoms with van der Waals surface area (Å²) in [5.41, 5.74) is -0.178. The Hall–Kier alpha value is -2.45. The Morgan fingerprint density at radius 1 is 1.18 bits per heavy atom. The molecule has 0 saturated carbocycles. The predicted octanol–water partition coefficient (Wildman–Crippen LogP) is 4.45. The van der Waals surface area contributed by atoms with Gasteiger partial charge in [-0.1, -0.05) is 30.3 Å². The van der Waals surface area contributed by atoms with Crippen LogP contribution in [-0.4, -0.2) is 41.6 Å². The van der Waals surface area contributed by atoms with E-state index in [1.165, 1.54) is 0 Å². The van der Waals surface area contributed by atoms with Crippen molar-refractivity contribution in [1.82, 2.24) is 10.2 Å². The van der Waals surface area contributed by atoms with Crippen molar-refractivity contribution in [2.24, 2.45) is 5.92 Å². The molecular formula is C19H25F3N2O4. The van der Waals surface area contributed by atoms with Gasteiger partial charge < -0.3 is 14.8 Å². The van der Waals surface area contributed by atoms with Gasteiger partial charge in [0.2, 0.25) is 0 Å². The molecule has 0 radical (unpaired) electrons. The molecule has 2 rings (SSSR count). The molecule has 1 saturated heterocycles. The van der Waals surface area contributed by atoms with Gasteiger partial charge in [-0.3, -0.25) is 4.90 Å². The third-order valence-corrected chi connectivity index (χ3v) is 4.16. The number of nitrogens with one attached hydrogen (secondary N) is 1. The second-order valence-corrected chi connectivity index (χ2v) is 7.61. The van der Waals surface area contributed by atoms with E-state index in [0.717, 1.165) is 4.90 Å². The Kier molecular flexibility index (Phi) is 6.79. The average molecular weight is 402 g/mol. The molecule has 1 heterocycles. The number of benzene rings is 1. The maximum Gasteiger partial charge on any atom is 0.411 e. The van der Waals surface area contributed by atoms with E-state index in [1.54, 1.807) is 51.1 Å². The third-order valence-electron chi connectivity index (χ3n) is 4.16. The van der Waals surface area contributed by atoms with E-state index in [1.807, 2.05) is 0 Å². The van der Waals surface area contributed by atoms with Crippen LogP contribution in [0.25, 0.3) is 0 Å². The van der Waals surface area contributed by atoms with Crippen molar-refractivity contribution in [1.29, 1.82) is 0 Å².